The van der Waals surface area contributed by atoms with Crippen molar-refractivity contribution in [2.75, 3.05) is 37.6 Å². The van der Waals surface area contributed by atoms with Gasteiger partial charge >= 0.3 is 0 Å². The van der Waals surface area contributed by atoms with E-state index in [-0.39, 0.29) is 12.5 Å². The molecule has 1 heterocycles. The van der Waals surface area contributed by atoms with Gasteiger partial charge in [-0.1, -0.05) is 0 Å². The highest BCUT2D eigenvalue weighted by Gasteiger charge is 2.12. The van der Waals surface area contributed by atoms with Crippen LogP contribution in [0.1, 0.15) is 19.3 Å². The minimum absolute atomic E-state index is 0.0715. The van der Waals surface area contributed by atoms with Crippen LogP contribution in [0.4, 0.5) is 11.4 Å². The van der Waals surface area contributed by atoms with Crippen molar-refractivity contribution in [3.63, 3.8) is 0 Å². The maximum Gasteiger partial charge on any atom is 0.250 e. The van der Waals surface area contributed by atoms with E-state index in [0.29, 0.717) is 6.04 Å². The molecule has 0 aromatic heterocycles. The van der Waals surface area contributed by atoms with Crippen molar-refractivity contribution in [2.45, 2.75) is 25.3 Å². The smallest absolute Gasteiger partial charge is 0.250 e. The quantitative estimate of drug-likeness (QED) is 0.867. The molecule has 0 bridgehead atoms. The van der Waals surface area contributed by atoms with Crippen LogP contribution >= 0.6 is 0 Å². The standard InChI is InChI=1S/C15H22N2O3/c1-19-11-15(18)17-14-6-4-13(5-7-14)16-12-3-2-9-20-10-8-12/h4-7,12,16H,2-3,8-11H2,1H3,(H,17,18). The van der Waals surface area contributed by atoms with E-state index >= 15 is 0 Å². The fourth-order valence-corrected chi connectivity index (χ4v) is 2.26. The van der Waals surface area contributed by atoms with Crippen LogP contribution < -0.4 is 10.6 Å². The van der Waals surface area contributed by atoms with Crippen LogP contribution in [0.2, 0.25) is 0 Å². The van der Waals surface area contributed by atoms with E-state index in [2.05, 4.69) is 10.6 Å². The first kappa shape index (κ1) is 14.8. The summed E-state index contributed by atoms with van der Waals surface area (Å²) in [5.41, 5.74) is 1.85. The number of hydrogen-bond donors (Lipinski definition) is 2. The normalized spacial score (nSPS) is 19.1. The van der Waals surface area contributed by atoms with Gasteiger partial charge in [0.1, 0.15) is 6.61 Å². The summed E-state index contributed by atoms with van der Waals surface area (Å²) < 4.78 is 10.2. The summed E-state index contributed by atoms with van der Waals surface area (Å²) in [7, 11) is 1.50. The van der Waals surface area contributed by atoms with Crippen LogP contribution in [0.3, 0.4) is 0 Å². The van der Waals surface area contributed by atoms with Gasteiger partial charge in [-0.05, 0) is 43.5 Å². The zero-order chi connectivity index (χ0) is 14.2. The average Bonchev–Trinajstić information content (AvgIpc) is 2.70. The number of benzene rings is 1. The van der Waals surface area contributed by atoms with Crippen LogP contribution in [0, 0.1) is 0 Å². The average molecular weight is 278 g/mol. The van der Waals surface area contributed by atoms with Gasteiger partial charge < -0.3 is 20.1 Å². The third-order valence-electron chi connectivity index (χ3n) is 3.27. The molecule has 0 radical (unpaired) electrons. The molecule has 1 aromatic carbocycles. The second-order valence-electron chi connectivity index (χ2n) is 4.94. The second-order valence-corrected chi connectivity index (χ2v) is 4.94. The maximum atomic E-state index is 11.4. The molecule has 1 atom stereocenters. The number of rotatable bonds is 5. The molecule has 1 amide bonds. The van der Waals surface area contributed by atoms with Gasteiger partial charge in [-0.25, -0.2) is 0 Å². The Morgan fingerprint density at radius 3 is 2.75 bits per heavy atom. The zero-order valence-electron chi connectivity index (χ0n) is 11.9. The molecule has 1 aliphatic rings. The Balaban J connectivity index is 1.85. The van der Waals surface area contributed by atoms with Crippen LogP contribution in [0.15, 0.2) is 24.3 Å². The Labute approximate surface area is 119 Å². The zero-order valence-corrected chi connectivity index (χ0v) is 11.9. The lowest BCUT2D eigenvalue weighted by Gasteiger charge is -2.17. The van der Waals surface area contributed by atoms with Crippen molar-refractivity contribution in [1.29, 1.82) is 0 Å². The predicted octanol–water partition coefficient (Wildman–Crippen LogP) is 2.25. The molecule has 5 heteroatoms. The lowest BCUT2D eigenvalue weighted by Crippen LogP contribution is -2.19. The number of hydrogen-bond acceptors (Lipinski definition) is 4. The molecule has 5 nitrogen and oxygen atoms in total. The Bertz CT molecular complexity index is 412. The van der Waals surface area contributed by atoms with Crippen LogP contribution in [-0.4, -0.2) is 38.9 Å². The third-order valence-corrected chi connectivity index (χ3v) is 3.27. The van der Waals surface area contributed by atoms with Crippen molar-refractivity contribution in [1.82, 2.24) is 0 Å². The number of methoxy groups -OCH3 is 1. The summed E-state index contributed by atoms with van der Waals surface area (Å²) in [6.45, 7) is 1.76. The molecule has 1 aromatic rings. The van der Waals surface area contributed by atoms with Crippen LogP contribution in [0.25, 0.3) is 0 Å². The van der Waals surface area contributed by atoms with Gasteiger partial charge in [0.05, 0.1) is 0 Å². The van der Waals surface area contributed by atoms with E-state index < -0.39 is 0 Å². The first-order valence-electron chi connectivity index (χ1n) is 7.01. The first-order chi connectivity index (χ1) is 9.78. The molecule has 1 unspecified atom stereocenters. The lowest BCUT2D eigenvalue weighted by molar-refractivity contribution is -0.119. The SMILES string of the molecule is COCC(=O)Nc1ccc(NC2CCCOCC2)cc1. The summed E-state index contributed by atoms with van der Waals surface area (Å²) >= 11 is 0. The summed E-state index contributed by atoms with van der Waals surface area (Å²) in [6, 6.07) is 8.21. The molecule has 2 N–H and O–H groups in total. The van der Waals surface area contributed by atoms with Gasteiger partial charge in [0.25, 0.3) is 0 Å². The van der Waals surface area contributed by atoms with Gasteiger partial charge in [0.2, 0.25) is 5.91 Å². The number of anilines is 2. The Kier molecular flexibility index (Phi) is 5.83. The molecule has 1 saturated heterocycles. The van der Waals surface area contributed by atoms with Gasteiger partial charge in [0.15, 0.2) is 0 Å². The Morgan fingerprint density at radius 2 is 2.00 bits per heavy atom. The van der Waals surface area contributed by atoms with E-state index in [1.165, 1.54) is 7.11 Å². The van der Waals surface area contributed by atoms with E-state index in [4.69, 9.17) is 9.47 Å². The topological polar surface area (TPSA) is 59.6 Å². The predicted molar refractivity (Wildman–Crippen MR) is 79.0 cm³/mol. The number of carbonyl (C=O) groups is 1. The lowest BCUT2D eigenvalue weighted by atomic mass is 10.1. The molecular weight excluding hydrogens is 256 g/mol. The maximum absolute atomic E-state index is 11.4. The largest absolute Gasteiger partial charge is 0.382 e. The minimum atomic E-state index is -0.144. The van der Waals surface area contributed by atoms with Crippen LogP contribution in [0.5, 0.6) is 0 Å². The molecule has 0 saturated carbocycles. The number of ether oxygens (including phenoxy) is 2. The van der Waals surface area contributed by atoms with Crippen molar-refractivity contribution in [3.05, 3.63) is 24.3 Å². The van der Waals surface area contributed by atoms with Crippen molar-refractivity contribution >= 4 is 17.3 Å². The van der Waals surface area contributed by atoms with Crippen LogP contribution in [-0.2, 0) is 14.3 Å². The highest BCUT2D eigenvalue weighted by molar-refractivity contribution is 5.91. The molecule has 20 heavy (non-hydrogen) atoms. The molecular formula is C15H22N2O3. The third kappa shape index (κ3) is 4.83. The highest BCUT2D eigenvalue weighted by atomic mass is 16.5. The first-order valence-corrected chi connectivity index (χ1v) is 7.01. The van der Waals surface area contributed by atoms with E-state index in [1.807, 2.05) is 24.3 Å². The second kappa shape index (κ2) is 7.87. The molecule has 0 spiro atoms. The van der Waals surface area contributed by atoms with Crippen molar-refractivity contribution < 1.29 is 14.3 Å². The van der Waals surface area contributed by atoms with E-state index in [0.717, 1.165) is 43.9 Å². The Morgan fingerprint density at radius 1 is 1.25 bits per heavy atom. The summed E-state index contributed by atoms with van der Waals surface area (Å²) in [5.74, 6) is -0.144. The molecule has 1 fully saturated rings. The minimum Gasteiger partial charge on any atom is -0.382 e. The van der Waals surface area contributed by atoms with Gasteiger partial charge in [-0.3, -0.25) is 4.79 Å². The molecule has 110 valence electrons. The summed E-state index contributed by atoms with van der Waals surface area (Å²) in [4.78, 5) is 11.4. The van der Waals surface area contributed by atoms with E-state index in [1.54, 1.807) is 0 Å². The monoisotopic (exact) mass is 278 g/mol. The van der Waals surface area contributed by atoms with Gasteiger partial charge in [0, 0.05) is 37.7 Å². The fraction of sp³-hybridized carbons (Fsp3) is 0.533. The number of carbonyl (C=O) groups excluding carboxylic acids is 1. The van der Waals surface area contributed by atoms with Crippen molar-refractivity contribution in [2.24, 2.45) is 0 Å². The van der Waals surface area contributed by atoms with Gasteiger partial charge in [-0.2, -0.15) is 0 Å². The summed E-state index contributed by atoms with van der Waals surface area (Å²) in [5, 5.41) is 6.28. The Hall–Kier alpha value is -1.59. The fourth-order valence-electron chi connectivity index (χ4n) is 2.26. The molecule has 1 aliphatic heterocycles. The van der Waals surface area contributed by atoms with Crippen molar-refractivity contribution in [3.8, 4) is 0 Å². The van der Waals surface area contributed by atoms with Gasteiger partial charge in [-0.15, -0.1) is 0 Å². The summed E-state index contributed by atoms with van der Waals surface area (Å²) in [6.07, 6.45) is 3.27. The number of nitrogens with one attached hydrogen (secondary N) is 2. The number of amides is 1. The van der Waals surface area contributed by atoms with E-state index in [9.17, 15) is 4.79 Å². The molecule has 2 rings (SSSR count). The highest BCUT2D eigenvalue weighted by Crippen LogP contribution is 2.18. The molecule has 0 aliphatic carbocycles.